The maximum Gasteiger partial charge on any atom is 0.433 e. The zero-order valence-corrected chi connectivity index (χ0v) is 9.70. The Balaban J connectivity index is 2.32. The fourth-order valence-electron chi connectivity index (χ4n) is 1.11. The van der Waals surface area contributed by atoms with Crippen molar-refractivity contribution in [2.24, 2.45) is 0 Å². The molecule has 0 unspecified atom stereocenters. The van der Waals surface area contributed by atoms with Crippen LogP contribution >= 0.6 is 22.9 Å². The van der Waals surface area contributed by atoms with Crippen molar-refractivity contribution in [3.63, 3.8) is 0 Å². The average Bonchev–Trinajstić information content (AvgIpc) is 2.68. The smallest absolute Gasteiger partial charge is 0.339 e. The number of aromatic nitrogens is 2. The number of nitrogens with zero attached hydrogens (tertiary/aromatic N) is 2. The first-order chi connectivity index (χ1) is 7.95. The van der Waals surface area contributed by atoms with Crippen molar-refractivity contribution in [3.8, 4) is 0 Å². The quantitative estimate of drug-likeness (QED) is 0.846. The van der Waals surface area contributed by atoms with Gasteiger partial charge < -0.3 is 5.32 Å². The standard InChI is InChI=1S/C9H5ClF3N3S/c10-8-15-6(9(11,12)13)3-7(16-8)14-5-1-2-17-4-5/h1-4H,(H,14,15,16). The van der Waals surface area contributed by atoms with Gasteiger partial charge in [0.1, 0.15) is 5.82 Å². The molecule has 0 spiro atoms. The molecule has 0 aliphatic carbocycles. The summed E-state index contributed by atoms with van der Waals surface area (Å²) in [6.45, 7) is 0. The molecule has 2 heterocycles. The Morgan fingerprint density at radius 2 is 2.06 bits per heavy atom. The van der Waals surface area contributed by atoms with Gasteiger partial charge in [0.25, 0.3) is 0 Å². The van der Waals surface area contributed by atoms with Crippen LogP contribution in [-0.2, 0) is 6.18 Å². The number of halogens is 4. The van der Waals surface area contributed by atoms with Crippen LogP contribution < -0.4 is 5.32 Å². The lowest BCUT2D eigenvalue weighted by molar-refractivity contribution is -0.141. The molecule has 0 saturated carbocycles. The van der Waals surface area contributed by atoms with Crippen LogP contribution in [0.4, 0.5) is 24.7 Å². The van der Waals surface area contributed by atoms with Crippen molar-refractivity contribution < 1.29 is 13.2 Å². The van der Waals surface area contributed by atoms with E-state index in [0.717, 1.165) is 6.07 Å². The predicted molar refractivity (Wildman–Crippen MR) is 59.6 cm³/mol. The normalized spacial score (nSPS) is 11.5. The maximum atomic E-state index is 12.5. The van der Waals surface area contributed by atoms with Crippen LogP contribution in [0, 0.1) is 0 Å². The van der Waals surface area contributed by atoms with Crippen molar-refractivity contribution in [2.45, 2.75) is 6.18 Å². The highest BCUT2D eigenvalue weighted by molar-refractivity contribution is 7.08. The van der Waals surface area contributed by atoms with Gasteiger partial charge >= 0.3 is 6.18 Å². The van der Waals surface area contributed by atoms with Gasteiger partial charge in [-0.2, -0.15) is 24.5 Å². The Morgan fingerprint density at radius 1 is 1.29 bits per heavy atom. The van der Waals surface area contributed by atoms with E-state index in [-0.39, 0.29) is 5.82 Å². The fourth-order valence-corrected chi connectivity index (χ4v) is 1.88. The molecule has 2 rings (SSSR count). The van der Waals surface area contributed by atoms with Crippen molar-refractivity contribution in [1.82, 2.24) is 9.97 Å². The fraction of sp³-hybridized carbons (Fsp3) is 0.111. The van der Waals surface area contributed by atoms with Gasteiger partial charge in [-0.15, -0.1) is 0 Å². The molecule has 17 heavy (non-hydrogen) atoms. The lowest BCUT2D eigenvalue weighted by Crippen LogP contribution is -2.09. The second-order valence-electron chi connectivity index (χ2n) is 3.04. The number of alkyl halides is 3. The molecule has 0 radical (unpaired) electrons. The summed E-state index contributed by atoms with van der Waals surface area (Å²) >= 11 is 6.85. The summed E-state index contributed by atoms with van der Waals surface area (Å²) in [4.78, 5) is 6.80. The Bertz CT molecular complexity index is 513. The van der Waals surface area contributed by atoms with E-state index >= 15 is 0 Å². The summed E-state index contributed by atoms with van der Waals surface area (Å²) in [7, 11) is 0. The van der Waals surface area contributed by atoms with Crippen molar-refractivity contribution in [3.05, 3.63) is 33.9 Å². The van der Waals surface area contributed by atoms with Gasteiger partial charge in [-0.05, 0) is 23.0 Å². The van der Waals surface area contributed by atoms with Gasteiger partial charge in [0, 0.05) is 11.4 Å². The first-order valence-electron chi connectivity index (χ1n) is 4.36. The zero-order chi connectivity index (χ0) is 12.5. The number of hydrogen-bond donors (Lipinski definition) is 1. The molecule has 2 aromatic rings. The molecule has 0 aliphatic heterocycles. The molecule has 8 heteroatoms. The van der Waals surface area contributed by atoms with Crippen LogP contribution in [0.15, 0.2) is 22.9 Å². The second-order valence-corrected chi connectivity index (χ2v) is 4.16. The highest BCUT2D eigenvalue weighted by Gasteiger charge is 2.33. The summed E-state index contributed by atoms with van der Waals surface area (Å²) < 4.78 is 37.4. The molecule has 2 aromatic heterocycles. The highest BCUT2D eigenvalue weighted by atomic mass is 35.5. The molecular formula is C9H5ClF3N3S. The molecule has 0 aliphatic rings. The molecule has 0 aromatic carbocycles. The van der Waals surface area contributed by atoms with Crippen LogP contribution in [0.25, 0.3) is 0 Å². The van der Waals surface area contributed by atoms with Gasteiger partial charge in [-0.25, -0.2) is 9.97 Å². The Kier molecular flexibility index (Phi) is 3.21. The van der Waals surface area contributed by atoms with Gasteiger partial charge in [0.2, 0.25) is 5.28 Å². The number of thiophene rings is 1. The second kappa shape index (κ2) is 4.50. The van der Waals surface area contributed by atoms with Crippen LogP contribution in [-0.4, -0.2) is 9.97 Å². The third-order valence-electron chi connectivity index (χ3n) is 1.78. The van der Waals surface area contributed by atoms with Crippen molar-refractivity contribution in [1.29, 1.82) is 0 Å². The van der Waals surface area contributed by atoms with E-state index in [9.17, 15) is 13.2 Å². The number of rotatable bonds is 2. The first kappa shape index (κ1) is 12.1. The third-order valence-corrected chi connectivity index (χ3v) is 2.64. The van der Waals surface area contributed by atoms with E-state index in [2.05, 4.69) is 15.3 Å². The minimum Gasteiger partial charge on any atom is -0.339 e. The molecule has 0 fully saturated rings. The summed E-state index contributed by atoms with van der Waals surface area (Å²) in [5.74, 6) is 0.00993. The van der Waals surface area contributed by atoms with Crippen LogP contribution in [0.1, 0.15) is 5.69 Å². The lowest BCUT2D eigenvalue weighted by Gasteiger charge is -2.08. The minimum atomic E-state index is -4.54. The lowest BCUT2D eigenvalue weighted by atomic mass is 10.3. The minimum absolute atomic E-state index is 0.00993. The Morgan fingerprint density at radius 3 is 2.65 bits per heavy atom. The average molecular weight is 280 g/mol. The van der Waals surface area contributed by atoms with Crippen LogP contribution in [0.2, 0.25) is 5.28 Å². The van der Waals surface area contributed by atoms with Gasteiger partial charge in [0.15, 0.2) is 5.69 Å². The van der Waals surface area contributed by atoms with Gasteiger partial charge in [-0.1, -0.05) is 0 Å². The van der Waals surface area contributed by atoms with Crippen LogP contribution in [0.5, 0.6) is 0 Å². The predicted octanol–water partition coefficient (Wildman–Crippen LogP) is 3.95. The summed E-state index contributed by atoms with van der Waals surface area (Å²) in [5, 5.41) is 5.79. The maximum absolute atomic E-state index is 12.5. The zero-order valence-electron chi connectivity index (χ0n) is 8.12. The molecule has 0 atom stereocenters. The Hall–Kier alpha value is -1.34. The summed E-state index contributed by atoms with van der Waals surface area (Å²) in [6, 6.07) is 2.53. The molecule has 1 N–H and O–H groups in total. The van der Waals surface area contributed by atoms with E-state index in [0.29, 0.717) is 5.69 Å². The molecule has 3 nitrogen and oxygen atoms in total. The van der Waals surface area contributed by atoms with E-state index < -0.39 is 17.2 Å². The highest BCUT2D eigenvalue weighted by Crippen LogP contribution is 2.30. The van der Waals surface area contributed by atoms with E-state index in [4.69, 9.17) is 11.6 Å². The molecular weight excluding hydrogens is 275 g/mol. The SMILES string of the molecule is FC(F)(F)c1cc(Nc2ccsc2)nc(Cl)n1. The molecule has 90 valence electrons. The number of anilines is 2. The van der Waals surface area contributed by atoms with Crippen LogP contribution in [0.3, 0.4) is 0 Å². The van der Waals surface area contributed by atoms with E-state index in [1.807, 2.05) is 0 Å². The van der Waals surface area contributed by atoms with E-state index in [1.165, 1.54) is 11.3 Å². The van der Waals surface area contributed by atoms with Crippen molar-refractivity contribution >= 4 is 34.4 Å². The largest absolute Gasteiger partial charge is 0.433 e. The third kappa shape index (κ3) is 3.07. The summed E-state index contributed by atoms with van der Waals surface area (Å²) in [6.07, 6.45) is -4.54. The molecule has 0 bridgehead atoms. The van der Waals surface area contributed by atoms with Crippen molar-refractivity contribution in [2.75, 3.05) is 5.32 Å². The van der Waals surface area contributed by atoms with Gasteiger partial charge in [-0.3, -0.25) is 0 Å². The number of nitrogens with one attached hydrogen (secondary N) is 1. The molecule has 0 amide bonds. The first-order valence-corrected chi connectivity index (χ1v) is 5.68. The Labute approximate surface area is 103 Å². The molecule has 0 saturated heterocycles. The number of hydrogen-bond acceptors (Lipinski definition) is 4. The topological polar surface area (TPSA) is 37.8 Å². The summed E-state index contributed by atoms with van der Waals surface area (Å²) in [5.41, 5.74) is -0.423. The monoisotopic (exact) mass is 279 g/mol. The van der Waals surface area contributed by atoms with E-state index in [1.54, 1.807) is 16.8 Å². The van der Waals surface area contributed by atoms with Gasteiger partial charge in [0.05, 0.1) is 5.69 Å².